The number of aromatic nitrogens is 1. The fourth-order valence-corrected chi connectivity index (χ4v) is 2.97. The molecule has 0 spiro atoms. The highest BCUT2D eigenvalue weighted by atomic mass is 32.1. The van der Waals surface area contributed by atoms with E-state index >= 15 is 0 Å². The van der Waals surface area contributed by atoms with Gasteiger partial charge in [0.2, 0.25) is 0 Å². The first-order chi connectivity index (χ1) is 10.8. The first-order valence-corrected chi connectivity index (χ1v) is 7.66. The van der Waals surface area contributed by atoms with E-state index in [4.69, 9.17) is 10.00 Å². The highest BCUT2D eigenvalue weighted by Gasteiger charge is 2.26. The molecule has 22 heavy (non-hydrogen) atoms. The number of nitrogens with zero attached hydrogens (tertiary/aromatic N) is 3. The first kappa shape index (κ1) is 14.5. The van der Waals surface area contributed by atoms with Crippen LogP contribution in [0.25, 0.3) is 10.6 Å². The van der Waals surface area contributed by atoms with Crippen molar-refractivity contribution >= 4 is 22.2 Å². The van der Waals surface area contributed by atoms with E-state index in [9.17, 15) is 4.79 Å². The van der Waals surface area contributed by atoms with E-state index in [0.717, 1.165) is 10.6 Å². The topological polar surface area (TPSA) is 78.2 Å². The van der Waals surface area contributed by atoms with Gasteiger partial charge in [0, 0.05) is 5.56 Å². The fourth-order valence-electron chi connectivity index (χ4n) is 2.15. The second kappa shape index (κ2) is 6.56. The molecule has 0 aliphatic carbocycles. The van der Waals surface area contributed by atoms with Crippen molar-refractivity contribution in [1.82, 2.24) is 9.88 Å². The Morgan fingerprint density at radius 2 is 2.27 bits per heavy atom. The number of nitriles is 1. The van der Waals surface area contributed by atoms with Crippen LogP contribution in [0.5, 0.6) is 0 Å². The molecule has 1 aromatic heterocycles. The maximum Gasteiger partial charge on any atom is 0.256 e. The summed E-state index contributed by atoms with van der Waals surface area (Å²) in [5.41, 5.74) is 1.01. The molecule has 0 unspecified atom stereocenters. The Kier molecular flexibility index (Phi) is 4.32. The van der Waals surface area contributed by atoms with Crippen molar-refractivity contribution in [3.63, 3.8) is 0 Å². The standard InChI is InChI=1S/C15H14N4O2S/c16-10-19-6-7-21-12(9-19)14(20)18-13-8-17-15(22-13)11-4-2-1-3-5-11/h1-5,8,12H,6-7,9H2,(H,18,20)/t12-/m1/s1. The molecule has 1 aromatic carbocycles. The Balaban J connectivity index is 1.65. The van der Waals surface area contributed by atoms with Crippen LogP contribution in [0.3, 0.4) is 0 Å². The number of hydrogen-bond donors (Lipinski definition) is 1. The number of anilines is 1. The van der Waals surface area contributed by atoms with Gasteiger partial charge >= 0.3 is 0 Å². The molecule has 1 N–H and O–H groups in total. The minimum Gasteiger partial charge on any atom is -0.365 e. The second-order valence-electron chi connectivity index (χ2n) is 4.79. The number of nitrogens with one attached hydrogen (secondary N) is 1. The number of rotatable bonds is 3. The quantitative estimate of drug-likeness (QED) is 0.876. The van der Waals surface area contributed by atoms with Crippen LogP contribution in [0, 0.1) is 11.5 Å². The van der Waals surface area contributed by atoms with Gasteiger partial charge in [-0.3, -0.25) is 4.79 Å². The summed E-state index contributed by atoms with van der Waals surface area (Å²) in [6.45, 7) is 1.19. The smallest absolute Gasteiger partial charge is 0.256 e. The molecular formula is C15H14N4O2S. The number of morpholine rings is 1. The van der Waals surface area contributed by atoms with Crippen LogP contribution in [-0.2, 0) is 9.53 Å². The maximum atomic E-state index is 12.2. The monoisotopic (exact) mass is 314 g/mol. The van der Waals surface area contributed by atoms with Gasteiger partial charge in [0.1, 0.15) is 10.0 Å². The summed E-state index contributed by atoms with van der Waals surface area (Å²) in [5, 5.41) is 13.2. The predicted octanol–water partition coefficient (Wildman–Crippen LogP) is 1.93. The molecule has 2 aromatic rings. The molecule has 0 radical (unpaired) electrons. The van der Waals surface area contributed by atoms with Crippen LogP contribution in [-0.4, -0.2) is 41.6 Å². The molecule has 0 saturated carbocycles. The van der Waals surface area contributed by atoms with Gasteiger partial charge in [-0.2, -0.15) is 5.26 Å². The molecule has 1 amide bonds. The number of benzene rings is 1. The maximum absolute atomic E-state index is 12.2. The number of carbonyl (C=O) groups is 1. The number of ether oxygens (including phenoxy) is 1. The molecule has 6 nitrogen and oxygen atoms in total. The normalized spacial score (nSPS) is 17.8. The van der Waals surface area contributed by atoms with E-state index in [-0.39, 0.29) is 12.5 Å². The fraction of sp³-hybridized carbons (Fsp3) is 0.267. The van der Waals surface area contributed by atoms with E-state index in [1.54, 1.807) is 6.20 Å². The van der Waals surface area contributed by atoms with Gasteiger partial charge in [0.25, 0.3) is 5.91 Å². The summed E-state index contributed by atoms with van der Waals surface area (Å²) < 4.78 is 5.41. The number of hydrogen-bond acceptors (Lipinski definition) is 6. The largest absolute Gasteiger partial charge is 0.365 e. The lowest BCUT2D eigenvalue weighted by Gasteiger charge is -2.27. The number of amides is 1. The van der Waals surface area contributed by atoms with Crippen LogP contribution < -0.4 is 5.32 Å². The average molecular weight is 314 g/mol. The average Bonchev–Trinajstić information content (AvgIpc) is 3.04. The molecule has 1 aliphatic heterocycles. The lowest BCUT2D eigenvalue weighted by atomic mass is 10.2. The van der Waals surface area contributed by atoms with E-state index in [1.165, 1.54) is 16.2 Å². The summed E-state index contributed by atoms with van der Waals surface area (Å²) >= 11 is 1.41. The van der Waals surface area contributed by atoms with Crippen LogP contribution >= 0.6 is 11.3 Å². The van der Waals surface area contributed by atoms with E-state index in [1.807, 2.05) is 36.5 Å². The molecule has 2 heterocycles. The van der Waals surface area contributed by atoms with Crippen molar-refractivity contribution in [2.24, 2.45) is 0 Å². The van der Waals surface area contributed by atoms with E-state index in [0.29, 0.717) is 18.2 Å². The molecule has 7 heteroatoms. The lowest BCUT2D eigenvalue weighted by Crippen LogP contribution is -2.45. The Bertz CT molecular complexity index is 695. The Morgan fingerprint density at radius 3 is 3.05 bits per heavy atom. The van der Waals surface area contributed by atoms with Crippen molar-refractivity contribution in [1.29, 1.82) is 5.26 Å². The van der Waals surface area contributed by atoms with Crippen molar-refractivity contribution in [2.75, 3.05) is 25.0 Å². The Morgan fingerprint density at radius 1 is 1.45 bits per heavy atom. The van der Waals surface area contributed by atoms with Crippen LogP contribution in [0.15, 0.2) is 36.5 Å². The zero-order valence-electron chi connectivity index (χ0n) is 11.7. The van der Waals surface area contributed by atoms with Crippen molar-refractivity contribution in [2.45, 2.75) is 6.10 Å². The second-order valence-corrected chi connectivity index (χ2v) is 5.82. The third-order valence-electron chi connectivity index (χ3n) is 3.27. The molecule has 1 aliphatic rings. The summed E-state index contributed by atoms with van der Waals surface area (Å²) in [4.78, 5) is 18.0. The molecule has 112 valence electrons. The van der Waals surface area contributed by atoms with Crippen molar-refractivity contribution in [3.8, 4) is 16.8 Å². The van der Waals surface area contributed by atoms with Gasteiger partial charge in [0.15, 0.2) is 12.3 Å². The van der Waals surface area contributed by atoms with Gasteiger partial charge < -0.3 is 15.0 Å². The SMILES string of the molecule is N#CN1CCO[C@@H](C(=O)Nc2cnc(-c3ccccc3)s2)C1. The molecule has 1 fully saturated rings. The molecule has 1 saturated heterocycles. The Labute approximate surface area is 132 Å². The van der Waals surface area contributed by atoms with Crippen molar-refractivity contribution in [3.05, 3.63) is 36.5 Å². The van der Waals surface area contributed by atoms with Crippen molar-refractivity contribution < 1.29 is 9.53 Å². The minimum atomic E-state index is -0.629. The van der Waals surface area contributed by atoms with Crippen LogP contribution in [0.4, 0.5) is 5.00 Å². The third-order valence-corrected chi connectivity index (χ3v) is 4.23. The zero-order chi connectivity index (χ0) is 15.4. The summed E-state index contributed by atoms with van der Waals surface area (Å²) in [7, 11) is 0. The van der Waals surface area contributed by atoms with Gasteiger partial charge in [-0.05, 0) is 0 Å². The minimum absolute atomic E-state index is 0.247. The molecule has 0 bridgehead atoms. The van der Waals surface area contributed by atoms with Crippen LogP contribution in [0.2, 0.25) is 0 Å². The van der Waals surface area contributed by atoms with Gasteiger partial charge in [-0.25, -0.2) is 4.98 Å². The number of carbonyl (C=O) groups excluding carboxylic acids is 1. The molecule has 3 rings (SSSR count). The van der Waals surface area contributed by atoms with Gasteiger partial charge in [-0.15, -0.1) is 0 Å². The highest BCUT2D eigenvalue weighted by Crippen LogP contribution is 2.28. The van der Waals surface area contributed by atoms with E-state index < -0.39 is 6.10 Å². The lowest BCUT2D eigenvalue weighted by molar-refractivity contribution is -0.131. The first-order valence-electron chi connectivity index (χ1n) is 6.84. The summed E-state index contributed by atoms with van der Waals surface area (Å²) in [5.74, 6) is -0.247. The van der Waals surface area contributed by atoms with Crippen LogP contribution in [0.1, 0.15) is 0 Å². The molecule has 1 atom stereocenters. The predicted molar refractivity (Wildman–Crippen MR) is 83.1 cm³/mol. The van der Waals surface area contributed by atoms with Gasteiger partial charge in [0.05, 0.1) is 25.9 Å². The summed E-state index contributed by atoms with van der Waals surface area (Å²) in [6.07, 6.45) is 3.05. The zero-order valence-corrected chi connectivity index (χ0v) is 12.5. The third kappa shape index (κ3) is 3.24. The Hall–Kier alpha value is -2.43. The van der Waals surface area contributed by atoms with E-state index in [2.05, 4.69) is 10.3 Å². The highest BCUT2D eigenvalue weighted by molar-refractivity contribution is 7.19. The summed E-state index contributed by atoms with van der Waals surface area (Å²) in [6, 6.07) is 9.78. The van der Waals surface area contributed by atoms with Gasteiger partial charge in [-0.1, -0.05) is 41.7 Å². The molecular weight excluding hydrogens is 300 g/mol. The number of thiazole rings is 1.